The van der Waals surface area contributed by atoms with Gasteiger partial charge in [0, 0.05) is 24.9 Å². The number of carbonyl (C=O) groups excluding carboxylic acids is 1. The molecule has 23 heavy (non-hydrogen) atoms. The van der Waals surface area contributed by atoms with Crippen molar-refractivity contribution < 1.29 is 9.32 Å². The molecule has 0 saturated carbocycles. The van der Waals surface area contributed by atoms with Crippen molar-refractivity contribution in [2.45, 2.75) is 45.6 Å². The molecule has 2 aromatic rings. The number of aromatic nitrogens is 2. The Balaban J connectivity index is 1.63. The van der Waals surface area contributed by atoms with Gasteiger partial charge in [0.25, 0.3) is 0 Å². The molecule has 5 nitrogen and oxygen atoms in total. The summed E-state index contributed by atoms with van der Waals surface area (Å²) in [5, 5.41) is 4.09. The number of carbonyl (C=O) groups is 1. The van der Waals surface area contributed by atoms with E-state index >= 15 is 0 Å². The van der Waals surface area contributed by atoms with Crippen molar-refractivity contribution in [2.75, 3.05) is 6.54 Å². The summed E-state index contributed by atoms with van der Waals surface area (Å²) in [6.07, 6.45) is 3.39. The van der Waals surface area contributed by atoms with E-state index in [2.05, 4.69) is 10.1 Å². The summed E-state index contributed by atoms with van der Waals surface area (Å²) in [6, 6.07) is 10.3. The maximum Gasteiger partial charge on any atom is 0.231 e. The molecular formula is C18H23N3O2. The molecule has 1 aliphatic rings. The molecule has 3 rings (SSSR count). The minimum atomic E-state index is 0.0366. The van der Waals surface area contributed by atoms with E-state index in [1.54, 1.807) is 0 Å². The maximum absolute atomic E-state index is 12.3. The number of amides is 1. The van der Waals surface area contributed by atoms with Crippen LogP contribution >= 0.6 is 0 Å². The summed E-state index contributed by atoms with van der Waals surface area (Å²) in [4.78, 5) is 18.7. The molecule has 1 aromatic carbocycles. The fourth-order valence-corrected chi connectivity index (χ4v) is 3.10. The van der Waals surface area contributed by atoms with Crippen LogP contribution in [0.25, 0.3) is 0 Å². The van der Waals surface area contributed by atoms with E-state index in [1.807, 2.05) is 49.1 Å². The van der Waals surface area contributed by atoms with Gasteiger partial charge in [-0.25, -0.2) is 0 Å². The molecule has 2 heterocycles. The minimum Gasteiger partial charge on any atom is -0.339 e. The lowest BCUT2D eigenvalue weighted by Crippen LogP contribution is -2.39. The van der Waals surface area contributed by atoms with E-state index in [1.165, 1.54) is 0 Å². The normalized spacial score (nSPS) is 17.9. The highest BCUT2D eigenvalue weighted by Crippen LogP contribution is 2.22. The summed E-state index contributed by atoms with van der Waals surface area (Å²) < 4.78 is 5.36. The van der Waals surface area contributed by atoms with Gasteiger partial charge in [-0.3, -0.25) is 4.79 Å². The summed E-state index contributed by atoms with van der Waals surface area (Å²) >= 11 is 0. The van der Waals surface area contributed by atoms with Gasteiger partial charge in [-0.05, 0) is 18.4 Å². The lowest BCUT2D eigenvalue weighted by atomic mass is 10.1. The fourth-order valence-electron chi connectivity index (χ4n) is 3.10. The van der Waals surface area contributed by atoms with Crippen molar-refractivity contribution in [2.24, 2.45) is 5.92 Å². The number of nitrogens with zero attached hydrogens (tertiary/aromatic N) is 3. The van der Waals surface area contributed by atoms with Gasteiger partial charge in [-0.2, -0.15) is 4.98 Å². The van der Waals surface area contributed by atoms with Crippen LogP contribution < -0.4 is 0 Å². The molecule has 1 fully saturated rings. The van der Waals surface area contributed by atoms with Crippen LogP contribution in [0.3, 0.4) is 0 Å². The van der Waals surface area contributed by atoms with Crippen molar-refractivity contribution in [1.82, 2.24) is 15.0 Å². The Labute approximate surface area is 136 Å². The van der Waals surface area contributed by atoms with E-state index in [9.17, 15) is 4.79 Å². The Morgan fingerprint density at radius 3 is 2.87 bits per heavy atom. The standard InChI is InChI=1S/C18H23N3O2/c1-13(2)18(22)21-10-6-9-15(21)12-16-19-17(23-20-16)11-14-7-4-3-5-8-14/h3-5,7-8,13,15H,6,9-12H2,1-2H3. The van der Waals surface area contributed by atoms with Gasteiger partial charge >= 0.3 is 0 Å². The van der Waals surface area contributed by atoms with Gasteiger partial charge in [0.05, 0.1) is 6.42 Å². The number of hydrogen-bond donors (Lipinski definition) is 0. The third-order valence-corrected chi connectivity index (χ3v) is 4.28. The molecular weight excluding hydrogens is 290 g/mol. The third-order valence-electron chi connectivity index (χ3n) is 4.28. The molecule has 122 valence electrons. The number of rotatable bonds is 5. The Kier molecular flexibility index (Phi) is 4.74. The summed E-state index contributed by atoms with van der Waals surface area (Å²) in [6.45, 7) is 4.74. The first-order valence-electron chi connectivity index (χ1n) is 8.29. The molecule has 0 aliphatic carbocycles. The van der Waals surface area contributed by atoms with Gasteiger partial charge < -0.3 is 9.42 Å². The molecule has 0 spiro atoms. The highest BCUT2D eigenvalue weighted by Gasteiger charge is 2.31. The first-order valence-corrected chi connectivity index (χ1v) is 8.29. The monoisotopic (exact) mass is 313 g/mol. The summed E-state index contributed by atoms with van der Waals surface area (Å²) in [7, 11) is 0. The molecule has 1 amide bonds. The van der Waals surface area contributed by atoms with Gasteiger partial charge in [-0.15, -0.1) is 0 Å². The molecule has 1 aromatic heterocycles. The average molecular weight is 313 g/mol. The highest BCUT2D eigenvalue weighted by atomic mass is 16.5. The molecule has 0 radical (unpaired) electrons. The Hall–Kier alpha value is -2.17. The van der Waals surface area contributed by atoms with Crippen LogP contribution in [0.15, 0.2) is 34.9 Å². The SMILES string of the molecule is CC(C)C(=O)N1CCCC1Cc1noc(Cc2ccccc2)n1. The molecule has 0 N–H and O–H groups in total. The van der Waals surface area contributed by atoms with Crippen LogP contribution in [-0.4, -0.2) is 33.5 Å². The van der Waals surface area contributed by atoms with E-state index in [0.29, 0.717) is 24.6 Å². The van der Waals surface area contributed by atoms with Crippen LogP contribution in [0.2, 0.25) is 0 Å². The number of benzene rings is 1. The lowest BCUT2D eigenvalue weighted by molar-refractivity contribution is -0.135. The van der Waals surface area contributed by atoms with E-state index in [4.69, 9.17) is 4.52 Å². The van der Waals surface area contributed by atoms with E-state index in [-0.39, 0.29) is 17.9 Å². The molecule has 1 unspecified atom stereocenters. The second kappa shape index (κ2) is 6.94. The molecule has 1 atom stereocenters. The Morgan fingerprint density at radius 1 is 1.35 bits per heavy atom. The van der Waals surface area contributed by atoms with Gasteiger partial charge in [0.1, 0.15) is 0 Å². The third kappa shape index (κ3) is 3.78. The lowest BCUT2D eigenvalue weighted by Gasteiger charge is -2.25. The topological polar surface area (TPSA) is 59.2 Å². The fraction of sp³-hybridized carbons (Fsp3) is 0.500. The van der Waals surface area contributed by atoms with Gasteiger partial charge in [0.2, 0.25) is 11.8 Å². The Morgan fingerprint density at radius 2 is 2.13 bits per heavy atom. The second-order valence-corrected chi connectivity index (χ2v) is 6.45. The number of likely N-dealkylation sites (tertiary alicyclic amines) is 1. The zero-order valence-electron chi connectivity index (χ0n) is 13.7. The Bertz CT molecular complexity index is 651. The molecule has 5 heteroatoms. The zero-order valence-corrected chi connectivity index (χ0v) is 13.7. The smallest absolute Gasteiger partial charge is 0.231 e. The second-order valence-electron chi connectivity index (χ2n) is 6.45. The van der Waals surface area contributed by atoms with Crippen LogP contribution in [0.1, 0.15) is 44.0 Å². The largest absolute Gasteiger partial charge is 0.339 e. The molecule has 1 saturated heterocycles. The average Bonchev–Trinajstić information content (AvgIpc) is 3.17. The quantitative estimate of drug-likeness (QED) is 0.851. The first kappa shape index (κ1) is 15.7. The zero-order chi connectivity index (χ0) is 16.2. The molecule has 0 bridgehead atoms. The minimum absolute atomic E-state index is 0.0366. The van der Waals surface area contributed by atoms with Crippen LogP contribution in [-0.2, 0) is 17.6 Å². The van der Waals surface area contributed by atoms with E-state index < -0.39 is 0 Å². The van der Waals surface area contributed by atoms with Crippen molar-refractivity contribution in [3.05, 3.63) is 47.6 Å². The highest BCUT2D eigenvalue weighted by molar-refractivity contribution is 5.78. The van der Waals surface area contributed by atoms with Gasteiger partial charge in [-0.1, -0.05) is 49.3 Å². The first-order chi connectivity index (χ1) is 11.1. The van der Waals surface area contributed by atoms with Crippen molar-refractivity contribution in [3.63, 3.8) is 0 Å². The van der Waals surface area contributed by atoms with Crippen LogP contribution in [0, 0.1) is 5.92 Å². The summed E-state index contributed by atoms with van der Waals surface area (Å²) in [5.74, 6) is 1.59. The van der Waals surface area contributed by atoms with Crippen molar-refractivity contribution in [1.29, 1.82) is 0 Å². The predicted molar refractivity (Wildman–Crippen MR) is 86.8 cm³/mol. The van der Waals surface area contributed by atoms with Crippen molar-refractivity contribution >= 4 is 5.91 Å². The predicted octanol–water partition coefficient (Wildman–Crippen LogP) is 2.85. The number of hydrogen-bond acceptors (Lipinski definition) is 4. The summed E-state index contributed by atoms with van der Waals surface area (Å²) in [5.41, 5.74) is 1.15. The van der Waals surface area contributed by atoms with Crippen LogP contribution in [0.5, 0.6) is 0 Å². The van der Waals surface area contributed by atoms with Gasteiger partial charge in [0.15, 0.2) is 5.82 Å². The van der Waals surface area contributed by atoms with E-state index in [0.717, 1.165) is 24.9 Å². The maximum atomic E-state index is 12.3. The van der Waals surface area contributed by atoms with Crippen LogP contribution in [0.4, 0.5) is 0 Å². The molecule has 1 aliphatic heterocycles. The van der Waals surface area contributed by atoms with Crippen molar-refractivity contribution in [3.8, 4) is 0 Å².